The minimum Gasteiger partial charge on any atom is -0.490 e. The molecule has 1 fully saturated rings. The van der Waals surface area contributed by atoms with E-state index in [4.69, 9.17) is 32.7 Å². The van der Waals surface area contributed by atoms with Crippen LogP contribution in [0.15, 0.2) is 36.4 Å². The maximum Gasteiger partial charge on any atom is 0.166 e. The van der Waals surface area contributed by atoms with Gasteiger partial charge in [-0.05, 0) is 38.0 Å². The van der Waals surface area contributed by atoms with Crippen LogP contribution in [0.4, 0.5) is 0 Å². The highest BCUT2D eigenvalue weighted by Crippen LogP contribution is 2.33. The molecule has 0 unspecified atom stereocenters. The summed E-state index contributed by atoms with van der Waals surface area (Å²) in [5.41, 5.74) is 2.01. The van der Waals surface area contributed by atoms with E-state index >= 15 is 0 Å². The number of hydrogen-bond donors (Lipinski definition) is 1. The Kier molecular flexibility index (Phi) is 10.4. The molecule has 0 amide bonds. The standard InChI is InChI=1S/C23H29Cl2NO2.ClH/c1-2-27-22-11-7-8-17(15-26-20-9-5-3-4-6-10-20)23(22)28-16-18-12-13-19(24)14-21(18)25;/h7-8,11-14,20,26H,2-6,9-10,15-16H2,1H3;1H. The predicted molar refractivity (Wildman–Crippen MR) is 124 cm³/mol. The summed E-state index contributed by atoms with van der Waals surface area (Å²) in [5, 5.41) is 4.96. The van der Waals surface area contributed by atoms with Gasteiger partial charge in [-0.25, -0.2) is 0 Å². The number of hydrogen-bond acceptors (Lipinski definition) is 3. The van der Waals surface area contributed by atoms with Gasteiger partial charge in [0.2, 0.25) is 0 Å². The van der Waals surface area contributed by atoms with Gasteiger partial charge in [0.15, 0.2) is 11.5 Å². The molecule has 0 spiro atoms. The van der Waals surface area contributed by atoms with Crippen LogP contribution in [0.5, 0.6) is 11.5 Å². The number of rotatable bonds is 8. The summed E-state index contributed by atoms with van der Waals surface area (Å²) >= 11 is 12.3. The molecule has 0 aliphatic heterocycles. The zero-order valence-corrected chi connectivity index (χ0v) is 19.2. The minimum atomic E-state index is 0. The van der Waals surface area contributed by atoms with E-state index in [0.717, 1.165) is 29.2 Å². The molecule has 0 heterocycles. The third-order valence-corrected chi connectivity index (χ3v) is 5.77. The van der Waals surface area contributed by atoms with E-state index in [1.807, 2.05) is 31.2 Å². The molecule has 0 atom stereocenters. The quantitative estimate of drug-likeness (QED) is 0.424. The SMILES string of the molecule is CCOc1cccc(CNC2CCCCCC2)c1OCc1ccc(Cl)cc1Cl.Cl. The average Bonchev–Trinajstić information content (AvgIpc) is 2.96. The number of para-hydroxylation sites is 1. The molecule has 3 rings (SSSR count). The number of nitrogens with one attached hydrogen (secondary N) is 1. The fourth-order valence-corrected chi connectivity index (χ4v) is 4.12. The first-order chi connectivity index (χ1) is 13.7. The third kappa shape index (κ3) is 7.25. The van der Waals surface area contributed by atoms with Crippen molar-refractivity contribution in [3.8, 4) is 11.5 Å². The lowest BCUT2D eigenvalue weighted by atomic mass is 10.1. The predicted octanol–water partition coefficient (Wildman–Crippen LogP) is 7.21. The summed E-state index contributed by atoms with van der Waals surface area (Å²) in [5.74, 6) is 1.56. The molecule has 29 heavy (non-hydrogen) atoms. The molecule has 160 valence electrons. The van der Waals surface area contributed by atoms with E-state index in [1.54, 1.807) is 6.07 Å². The Morgan fingerprint density at radius 3 is 2.41 bits per heavy atom. The molecule has 1 aliphatic rings. The van der Waals surface area contributed by atoms with Gasteiger partial charge in [0, 0.05) is 33.8 Å². The van der Waals surface area contributed by atoms with E-state index in [9.17, 15) is 0 Å². The Morgan fingerprint density at radius 1 is 0.966 bits per heavy atom. The molecule has 0 bridgehead atoms. The van der Waals surface area contributed by atoms with Crippen LogP contribution in [0, 0.1) is 0 Å². The lowest BCUT2D eigenvalue weighted by Gasteiger charge is -2.20. The fraction of sp³-hybridized carbons (Fsp3) is 0.478. The lowest BCUT2D eigenvalue weighted by molar-refractivity contribution is 0.265. The highest BCUT2D eigenvalue weighted by molar-refractivity contribution is 6.35. The molecule has 0 saturated heterocycles. The van der Waals surface area contributed by atoms with Crippen molar-refractivity contribution in [1.29, 1.82) is 0 Å². The first kappa shape index (κ1) is 24.1. The van der Waals surface area contributed by atoms with Crippen LogP contribution >= 0.6 is 35.6 Å². The topological polar surface area (TPSA) is 30.5 Å². The maximum atomic E-state index is 6.31. The van der Waals surface area contributed by atoms with Crippen molar-refractivity contribution in [1.82, 2.24) is 5.32 Å². The van der Waals surface area contributed by atoms with Gasteiger partial charge in [0.1, 0.15) is 6.61 Å². The van der Waals surface area contributed by atoms with E-state index < -0.39 is 0 Å². The van der Waals surface area contributed by atoms with Crippen molar-refractivity contribution in [3.63, 3.8) is 0 Å². The second-order valence-electron chi connectivity index (χ2n) is 7.27. The Hall–Kier alpha value is -1.13. The number of halogens is 3. The summed E-state index contributed by atoms with van der Waals surface area (Å²) in [6, 6.07) is 12.1. The highest BCUT2D eigenvalue weighted by atomic mass is 35.5. The second kappa shape index (κ2) is 12.5. The van der Waals surface area contributed by atoms with Crippen LogP contribution in [0.25, 0.3) is 0 Å². The molecule has 1 saturated carbocycles. The van der Waals surface area contributed by atoms with Gasteiger partial charge in [0.25, 0.3) is 0 Å². The normalized spacial score (nSPS) is 14.7. The minimum absolute atomic E-state index is 0. The van der Waals surface area contributed by atoms with Crippen molar-refractivity contribution < 1.29 is 9.47 Å². The molecular formula is C23H30Cl3NO2. The fourth-order valence-electron chi connectivity index (χ4n) is 3.66. The molecule has 2 aromatic carbocycles. The molecule has 3 nitrogen and oxygen atoms in total. The van der Waals surface area contributed by atoms with Crippen molar-refractivity contribution in [2.24, 2.45) is 0 Å². The van der Waals surface area contributed by atoms with Crippen LogP contribution in [0.2, 0.25) is 10.0 Å². The smallest absolute Gasteiger partial charge is 0.166 e. The molecule has 0 aromatic heterocycles. The van der Waals surface area contributed by atoms with Crippen LogP contribution in [0.1, 0.15) is 56.6 Å². The van der Waals surface area contributed by atoms with E-state index in [-0.39, 0.29) is 12.4 Å². The molecule has 1 aliphatic carbocycles. The van der Waals surface area contributed by atoms with Gasteiger partial charge in [-0.1, -0.05) is 67.1 Å². The molecule has 2 aromatic rings. The lowest BCUT2D eigenvalue weighted by Crippen LogP contribution is -2.28. The van der Waals surface area contributed by atoms with Crippen LogP contribution < -0.4 is 14.8 Å². The zero-order valence-electron chi connectivity index (χ0n) is 16.9. The van der Waals surface area contributed by atoms with Crippen LogP contribution in [-0.4, -0.2) is 12.6 Å². The van der Waals surface area contributed by atoms with Crippen molar-refractivity contribution >= 4 is 35.6 Å². The van der Waals surface area contributed by atoms with Gasteiger partial charge < -0.3 is 14.8 Å². The number of ether oxygens (including phenoxy) is 2. The first-order valence-electron chi connectivity index (χ1n) is 10.2. The van der Waals surface area contributed by atoms with Gasteiger partial charge in [0.05, 0.1) is 6.61 Å². The molecule has 0 radical (unpaired) electrons. The van der Waals surface area contributed by atoms with Crippen molar-refractivity contribution in [2.45, 2.75) is 64.6 Å². The van der Waals surface area contributed by atoms with E-state index in [2.05, 4.69) is 11.4 Å². The van der Waals surface area contributed by atoms with Crippen molar-refractivity contribution in [2.75, 3.05) is 6.61 Å². The highest BCUT2D eigenvalue weighted by Gasteiger charge is 2.16. The maximum absolute atomic E-state index is 6.31. The molecular weight excluding hydrogens is 429 g/mol. The van der Waals surface area contributed by atoms with Gasteiger partial charge in [-0.2, -0.15) is 0 Å². The molecule has 6 heteroatoms. The summed E-state index contributed by atoms with van der Waals surface area (Å²) in [6.45, 7) is 3.72. The monoisotopic (exact) mass is 457 g/mol. The Bertz CT molecular complexity index is 762. The molecule has 1 N–H and O–H groups in total. The summed E-state index contributed by atoms with van der Waals surface area (Å²) < 4.78 is 12.0. The Labute approximate surface area is 190 Å². The summed E-state index contributed by atoms with van der Waals surface area (Å²) in [7, 11) is 0. The van der Waals surface area contributed by atoms with Gasteiger partial charge >= 0.3 is 0 Å². The van der Waals surface area contributed by atoms with Gasteiger partial charge in [-0.15, -0.1) is 12.4 Å². The first-order valence-corrected chi connectivity index (χ1v) is 11.0. The summed E-state index contributed by atoms with van der Waals surface area (Å²) in [4.78, 5) is 0. The largest absolute Gasteiger partial charge is 0.490 e. The Balaban J connectivity index is 0.00000300. The zero-order chi connectivity index (χ0) is 19.8. The average molecular weight is 459 g/mol. The summed E-state index contributed by atoms with van der Waals surface area (Å²) in [6.07, 6.45) is 7.84. The van der Waals surface area contributed by atoms with Crippen molar-refractivity contribution in [3.05, 3.63) is 57.6 Å². The second-order valence-corrected chi connectivity index (χ2v) is 8.11. The van der Waals surface area contributed by atoms with Crippen LogP contribution in [0.3, 0.4) is 0 Å². The third-order valence-electron chi connectivity index (χ3n) is 5.18. The van der Waals surface area contributed by atoms with Gasteiger partial charge in [-0.3, -0.25) is 0 Å². The Morgan fingerprint density at radius 2 is 1.72 bits per heavy atom. The van der Waals surface area contributed by atoms with Crippen LogP contribution in [-0.2, 0) is 13.2 Å². The number of benzene rings is 2. The van der Waals surface area contributed by atoms with E-state index in [0.29, 0.717) is 29.3 Å². The van der Waals surface area contributed by atoms with E-state index in [1.165, 1.54) is 38.5 Å².